The Morgan fingerprint density at radius 1 is 1.43 bits per heavy atom. The van der Waals surface area contributed by atoms with E-state index >= 15 is 0 Å². The van der Waals surface area contributed by atoms with Crippen LogP contribution in [0.2, 0.25) is 0 Å². The lowest BCUT2D eigenvalue weighted by molar-refractivity contribution is -0.133. The smallest absolute Gasteiger partial charge is 0.237 e. The number of methoxy groups -OCH3 is 1. The fourth-order valence-corrected chi connectivity index (χ4v) is 3.15. The quantitative estimate of drug-likeness (QED) is 0.630. The van der Waals surface area contributed by atoms with E-state index in [0.29, 0.717) is 32.0 Å². The van der Waals surface area contributed by atoms with Gasteiger partial charge in [-0.1, -0.05) is 30.4 Å². The third kappa shape index (κ3) is 5.20. The second-order valence-electron chi connectivity index (χ2n) is 6.46. The molecule has 28 heavy (non-hydrogen) atoms. The summed E-state index contributed by atoms with van der Waals surface area (Å²) in [6.45, 7) is 2.15. The van der Waals surface area contributed by atoms with Crippen LogP contribution >= 0.6 is 0 Å². The van der Waals surface area contributed by atoms with Gasteiger partial charge in [0.25, 0.3) is 0 Å². The van der Waals surface area contributed by atoms with E-state index in [2.05, 4.69) is 20.6 Å². The van der Waals surface area contributed by atoms with E-state index in [1.807, 2.05) is 41.3 Å². The summed E-state index contributed by atoms with van der Waals surface area (Å²) in [5, 5.41) is 5.64. The summed E-state index contributed by atoms with van der Waals surface area (Å²) in [5.41, 5.74) is 0.971. The first-order chi connectivity index (χ1) is 13.7. The van der Waals surface area contributed by atoms with Crippen molar-refractivity contribution in [3.8, 4) is 5.75 Å². The number of hydrogen-bond donors (Lipinski definition) is 3. The molecule has 3 rings (SSSR count). The number of carbonyl (C=O) groups is 2. The molecule has 1 unspecified atom stereocenters. The minimum atomic E-state index is -0.493. The van der Waals surface area contributed by atoms with Crippen LogP contribution in [-0.4, -0.2) is 59.5 Å². The molecule has 0 aliphatic carbocycles. The molecule has 8 nitrogen and oxygen atoms in total. The predicted octanol–water partition coefficient (Wildman–Crippen LogP) is 0.938. The fraction of sp³-hybridized carbons (Fsp3) is 0.350. The molecule has 1 aromatic carbocycles. The number of aromatic nitrogens is 2. The Labute approximate surface area is 164 Å². The van der Waals surface area contributed by atoms with Crippen molar-refractivity contribution in [2.24, 2.45) is 0 Å². The molecule has 2 aromatic rings. The molecule has 1 aromatic heterocycles. The maximum atomic E-state index is 12.3. The number of rotatable bonds is 8. The second kappa shape index (κ2) is 9.70. The molecule has 0 bridgehead atoms. The molecule has 148 valence electrons. The molecule has 2 amide bonds. The number of benzene rings is 1. The van der Waals surface area contributed by atoms with E-state index < -0.39 is 6.04 Å². The highest BCUT2D eigenvalue weighted by atomic mass is 16.5. The standard InChI is InChI=1S/C20H25N5O3/c1-28-17-7-3-2-5-15(17)6-4-11-25-12-10-23-20(27)16(25)13-19(26)24-14-18-21-8-9-22-18/h2-9,16H,10-14H2,1H3,(H,21,22)(H,23,27)(H,24,26)/b6-4+. The number of imidazole rings is 1. The Kier molecular flexibility index (Phi) is 6.80. The Morgan fingerprint density at radius 2 is 2.29 bits per heavy atom. The van der Waals surface area contributed by atoms with Crippen LogP contribution in [0.15, 0.2) is 42.7 Å². The number of H-pyrrole nitrogens is 1. The van der Waals surface area contributed by atoms with Gasteiger partial charge in [0.2, 0.25) is 11.8 Å². The summed E-state index contributed by atoms with van der Waals surface area (Å²) < 4.78 is 5.35. The van der Waals surface area contributed by atoms with Gasteiger partial charge in [0, 0.05) is 37.6 Å². The average Bonchev–Trinajstić information content (AvgIpc) is 3.23. The van der Waals surface area contributed by atoms with Gasteiger partial charge in [0.1, 0.15) is 11.6 Å². The summed E-state index contributed by atoms with van der Waals surface area (Å²) in [6, 6.07) is 7.25. The second-order valence-corrected chi connectivity index (χ2v) is 6.46. The normalized spacial score (nSPS) is 17.5. The van der Waals surface area contributed by atoms with Gasteiger partial charge in [-0.15, -0.1) is 0 Å². The molecular weight excluding hydrogens is 358 g/mol. The summed E-state index contributed by atoms with van der Waals surface area (Å²) >= 11 is 0. The first-order valence-corrected chi connectivity index (χ1v) is 9.23. The highest BCUT2D eigenvalue weighted by Gasteiger charge is 2.30. The van der Waals surface area contributed by atoms with Crippen LogP contribution in [0.3, 0.4) is 0 Å². The van der Waals surface area contributed by atoms with Gasteiger partial charge in [-0.25, -0.2) is 4.98 Å². The Bertz CT molecular complexity index is 819. The third-order valence-electron chi connectivity index (χ3n) is 4.60. The molecule has 1 aliphatic rings. The highest BCUT2D eigenvalue weighted by Crippen LogP contribution is 2.19. The zero-order valence-electron chi connectivity index (χ0n) is 15.9. The lowest BCUT2D eigenvalue weighted by Gasteiger charge is -2.33. The first-order valence-electron chi connectivity index (χ1n) is 9.23. The number of piperazine rings is 1. The minimum absolute atomic E-state index is 0.106. The van der Waals surface area contributed by atoms with Gasteiger partial charge >= 0.3 is 0 Å². The van der Waals surface area contributed by atoms with Gasteiger partial charge in [-0.05, 0) is 6.07 Å². The molecule has 3 N–H and O–H groups in total. The Hall–Kier alpha value is -3.13. The maximum Gasteiger partial charge on any atom is 0.237 e. The molecule has 0 radical (unpaired) electrons. The topological polar surface area (TPSA) is 99.3 Å². The van der Waals surface area contributed by atoms with Gasteiger partial charge in [-0.3, -0.25) is 14.5 Å². The summed E-state index contributed by atoms with van der Waals surface area (Å²) in [4.78, 5) is 33.6. The minimum Gasteiger partial charge on any atom is -0.496 e. The van der Waals surface area contributed by atoms with Crippen molar-refractivity contribution >= 4 is 17.9 Å². The lowest BCUT2D eigenvalue weighted by atomic mass is 10.1. The predicted molar refractivity (Wildman–Crippen MR) is 105 cm³/mol. The van der Waals surface area contributed by atoms with Crippen molar-refractivity contribution < 1.29 is 14.3 Å². The van der Waals surface area contributed by atoms with Crippen molar-refractivity contribution in [2.75, 3.05) is 26.7 Å². The van der Waals surface area contributed by atoms with Crippen LogP contribution in [0.1, 0.15) is 17.8 Å². The number of ether oxygens (including phenoxy) is 1. The molecule has 1 saturated heterocycles. The van der Waals surface area contributed by atoms with E-state index in [0.717, 1.165) is 11.3 Å². The van der Waals surface area contributed by atoms with Crippen LogP contribution in [0.4, 0.5) is 0 Å². The lowest BCUT2D eigenvalue weighted by Crippen LogP contribution is -2.56. The van der Waals surface area contributed by atoms with Gasteiger partial charge in [0.15, 0.2) is 0 Å². The molecule has 2 heterocycles. The highest BCUT2D eigenvalue weighted by molar-refractivity contribution is 5.88. The van der Waals surface area contributed by atoms with Crippen LogP contribution in [0.25, 0.3) is 6.08 Å². The zero-order valence-corrected chi connectivity index (χ0v) is 15.9. The van der Waals surface area contributed by atoms with E-state index in [4.69, 9.17) is 4.74 Å². The molecule has 8 heteroatoms. The van der Waals surface area contributed by atoms with E-state index in [-0.39, 0.29) is 18.2 Å². The average molecular weight is 383 g/mol. The van der Waals surface area contributed by atoms with Crippen molar-refractivity contribution in [1.29, 1.82) is 0 Å². The zero-order chi connectivity index (χ0) is 19.8. The first kappa shape index (κ1) is 19.6. The van der Waals surface area contributed by atoms with E-state index in [9.17, 15) is 9.59 Å². The van der Waals surface area contributed by atoms with Gasteiger partial charge in [0.05, 0.1) is 26.1 Å². The van der Waals surface area contributed by atoms with Crippen molar-refractivity contribution in [3.05, 3.63) is 54.1 Å². The van der Waals surface area contributed by atoms with Crippen LogP contribution in [0.5, 0.6) is 5.75 Å². The monoisotopic (exact) mass is 383 g/mol. The summed E-state index contributed by atoms with van der Waals surface area (Å²) in [5.74, 6) is 1.17. The van der Waals surface area contributed by atoms with Crippen molar-refractivity contribution in [1.82, 2.24) is 25.5 Å². The van der Waals surface area contributed by atoms with Crippen LogP contribution in [0, 0.1) is 0 Å². The van der Waals surface area contributed by atoms with Gasteiger partial charge in [-0.2, -0.15) is 0 Å². The number of amides is 2. The molecule has 1 atom stereocenters. The number of nitrogens with zero attached hydrogens (tertiary/aromatic N) is 2. The third-order valence-corrected chi connectivity index (χ3v) is 4.60. The number of hydrogen-bond acceptors (Lipinski definition) is 5. The summed E-state index contributed by atoms with van der Waals surface area (Å²) in [6.07, 6.45) is 7.40. The fourth-order valence-electron chi connectivity index (χ4n) is 3.15. The van der Waals surface area contributed by atoms with Crippen LogP contribution < -0.4 is 15.4 Å². The van der Waals surface area contributed by atoms with E-state index in [1.54, 1.807) is 19.5 Å². The van der Waals surface area contributed by atoms with Crippen LogP contribution in [-0.2, 0) is 16.1 Å². The summed E-state index contributed by atoms with van der Waals surface area (Å²) in [7, 11) is 1.64. The molecular formula is C20H25N5O3. The SMILES string of the molecule is COc1ccccc1/C=C/CN1CCNC(=O)C1CC(=O)NCc1ncc[nH]1. The number of para-hydroxylation sites is 1. The van der Waals surface area contributed by atoms with Crippen molar-refractivity contribution in [3.63, 3.8) is 0 Å². The molecule has 1 fully saturated rings. The number of aromatic amines is 1. The van der Waals surface area contributed by atoms with Gasteiger partial charge < -0.3 is 20.4 Å². The molecule has 0 spiro atoms. The Balaban J connectivity index is 1.57. The van der Waals surface area contributed by atoms with Crippen molar-refractivity contribution in [2.45, 2.75) is 19.0 Å². The number of carbonyl (C=O) groups excluding carboxylic acids is 2. The number of nitrogens with one attached hydrogen (secondary N) is 3. The maximum absolute atomic E-state index is 12.3. The van der Waals surface area contributed by atoms with E-state index in [1.165, 1.54) is 0 Å². The Morgan fingerprint density at radius 3 is 3.07 bits per heavy atom. The molecule has 1 aliphatic heterocycles. The molecule has 0 saturated carbocycles. The largest absolute Gasteiger partial charge is 0.496 e.